The Labute approximate surface area is 113 Å². The van der Waals surface area contributed by atoms with Crippen LogP contribution in [0.4, 0.5) is 0 Å². The van der Waals surface area contributed by atoms with Gasteiger partial charge in [0.15, 0.2) is 11.0 Å². The lowest BCUT2D eigenvalue weighted by Gasteiger charge is -2.08. The molecule has 0 spiro atoms. The maximum Gasteiger partial charge on any atom is 0.343 e. The fourth-order valence-corrected chi connectivity index (χ4v) is 2.43. The second kappa shape index (κ2) is 5.19. The maximum atomic E-state index is 11.3. The standard InChI is InChI=1S/C11H13N5O2S/c1-6-3-4-8(7(5-6)9(12)15-18)19-11-14-13-10(17)16(11)2/h3-5,18H,1-2H3,(H2,12,15)(H,13,17). The Hall–Kier alpha value is -2.22. The number of hydrogen-bond donors (Lipinski definition) is 3. The number of H-pyrrole nitrogens is 1. The average Bonchev–Trinajstić information content (AvgIpc) is 2.71. The van der Waals surface area contributed by atoms with Crippen molar-refractivity contribution in [2.24, 2.45) is 17.9 Å². The summed E-state index contributed by atoms with van der Waals surface area (Å²) in [4.78, 5) is 12.1. The molecule has 1 aromatic heterocycles. The lowest BCUT2D eigenvalue weighted by Crippen LogP contribution is -2.15. The highest BCUT2D eigenvalue weighted by molar-refractivity contribution is 7.99. The van der Waals surface area contributed by atoms with Crippen LogP contribution < -0.4 is 11.4 Å². The topological polar surface area (TPSA) is 109 Å². The van der Waals surface area contributed by atoms with E-state index in [1.165, 1.54) is 16.3 Å². The van der Waals surface area contributed by atoms with Gasteiger partial charge in [-0.25, -0.2) is 9.89 Å². The van der Waals surface area contributed by atoms with Crippen molar-refractivity contribution in [2.75, 3.05) is 0 Å². The number of nitrogens with two attached hydrogens (primary N) is 1. The number of oxime groups is 1. The number of rotatable bonds is 3. The Morgan fingerprint density at radius 3 is 2.89 bits per heavy atom. The van der Waals surface area contributed by atoms with Gasteiger partial charge in [-0.1, -0.05) is 16.8 Å². The molecule has 0 saturated carbocycles. The third-order valence-corrected chi connectivity index (χ3v) is 3.68. The summed E-state index contributed by atoms with van der Waals surface area (Å²) in [7, 11) is 1.62. The zero-order chi connectivity index (χ0) is 14.0. The number of amidine groups is 1. The van der Waals surface area contributed by atoms with Crippen LogP contribution in [-0.2, 0) is 7.05 Å². The Morgan fingerprint density at radius 1 is 1.58 bits per heavy atom. The Kier molecular flexibility index (Phi) is 3.61. The number of aromatic nitrogens is 3. The summed E-state index contributed by atoms with van der Waals surface area (Å²) in [6.07, 6.45) is 0. The number of benzene rings is 1. The molecule has 7 nitrogen and oxygen atoms in total. The molecule has 0 aliphatic heterocycles. The zero-order valence-electron chi connectivity index (χ0n) is 10.4. The Bertz CT molecular complexity index is 689. The molecule has 0 bridgehead atoms. The van der Waals surface area contributed by atoms with E-state index in [2.05, 4.69) is 15.4 Å². The maximum absolute atomic E-state index is 11.3. The molecular formula is C11H13N5O2S. The van der Waals surface area contributed by atoms with Crippen molar-refractivity contribution in [2.45, 2.75) is 17.0 Å². The number of nitrogens with one attached hydrogen (secondary N) is 1. The van der Waals surface area contributed by atoms with Gasteiger partial charge in [0.1, 0.15) is 0 Å². The van der Waals surface area contributed by atoms with Crippen molar-refractivity contribution >= 4 is 17.6 Å². The SMILES string of the molecule is Cc1ccc(Sc2n[nH]c(=O)n2C)c(/C(N)=N/O)c1. The lowest BCUT2D eigenvalue weighted by molar-refractivity contribution is 0.318. The minimum atomic E-state index is -0.292. The summed E-state index contributed by atoms with van der Waals surface area (Å²) in [6.45, 7) is 1.91. The van der Waals surface area contributed by atoms with E-state index < -0.39 is 0 Å². The van der Waals surface area contributed by atoms with Crippen LogP contribution in [0.25, 0.3) is 0 Å². The van der Waals surface area contributed by atoms with Crippen LogP contribution in [0.2, 0.25) is 0 Å². The number of nitrogens with zero attached hydrogens (tertiary/aromatic N) is 3. The molecule has 8 heteroatoms. The van der Waals surface area contributed by atoms with Crippen molar-refractivity contribution in [1.29, 1.82) is 0 Å². The molecule has 1 heterocycles. The molecule has 1 aromatic carbocycles. The van der Waals surface area contributed by atoms with E-state index in [1.807, 2.05) is 25.1 Å². The van der Waals surface area contributed by atoms with Crippen LogP contribution in [0.3, 0.4) is 0 Å². The molecular weight excluding hydrogens is 266 g/mol. The van der Waals surface area contributed by atoms with Gasteiger partial charge in [-0.05, 0) is 30.8 Å². The third-order valence-electron chi connectivity index (χ3n) is 2.56. The summed E-state index contributed by atoms with van der Waals surface area (Å²) in [5.74, 6) is 0.0201. The van der Waals surface area contributed by atoms with E-state index >= 15 is 0 Å². The first kappa shape index (κ1) is 13.2. The normalized spacial score (nSPS) is 11.8. The van der Waals surface area contributed by atoms with E-state index in [4.69, 9.17) is 10.9 Å². The summed E-state index contributed by atoms with van der Waals surface area (Å²) >= 11 is 1.26. The van der Waals surface area contributed by atoms with Crippen molar-refractivity contribution in [3.8, 4) is 0 Å². The molecule has 2 aromatic rings. The van der Waals surface area contributed by atoms with E-state index in [9.17, 15) is 4.79 Å². The molecule has 0 aliphatic rings. The highest BCUT2D eigenvalue weighted by Crippen LogP contribution is 2.28. The zero-order valence-corrected chi connectivity index (χ0v) is 11.2. The first-order chi connectivity index (χ1) is 9.02. The van der Waals surface area contributed by atoms with Gasteiger partial charge in [-0.3, -0.25) is 4.57 Å². The number of hydrogen-bond acceptors (Lipinski definition) is 5. The van der Waals surface area contributed by atoms with Gasteiger partial charge in [0, 0.05) is 17.5 Å². The molecule has 0 radical (unpaired) electrons. The lowest BCUT2D eigenvalue weighted by atomic mass is 10.1. The van der Waals surface area contributed by atoms with Gasteiger partial charge in [-0.15, -0.1) is 5.10 Å². The summed E-state index contributed by atoms with van der Waals surface area (Å²) in [6, 6.07) is 5.55. The van der Waals surface area contributed by atoms with E-state index in [0.717, 1.165) is 10.5 Å². The molecule has 0 fully saturated rings. The predicted molar refractivity (Wildman–Crippen MR) is 71.6 cm³/mol. The molecule has 19 heavy (non-hydrogen) atoms. The van der Waals surface area contributed by atoms with Crippen LogP contribution in [0.1, 0.15) is 11.1 Å². The fourth-order valence-electron chi connectivity index (χ4n) is 1.51. The van der Waals surface area contributed by atoms with Gasteiger partial charge in [0.05, 0.1) is 0 Å². The quantitative estimate of drug-likeness (QED) is 0.331. The number of aryl methyl sites for hydroxylation is 1. The fraction of sp³-hybridized carbons (Fsp3) is 0.182. The van der Waals surface area contributed by atoms with Gasteiger partial charge in [-0.2, -0.15) is 0 Å². The Morgan fingerprint density at radius 2 is 2.32 bits per heavy atom. The first-order valence-corrected chi connectivity index (χ1v) is 6.22. The average molecular weight is 279 g/mol. The molecule has 0 unspecified atom stereocenters. The molecule has 0 atom stereocenters. The highest BCUT2D eigenvalue weighted by Gasteiger charge is 2.12. The third kappa shape index (κ3) is 2.63. The van der Waals surface area contributed by atoms with Gasteiger partial charge in [0.25, 0.3) is 0 Å². The van der Waals surface area contributed by atoms with Crippen molar-refractivity contribution in [3.63, 3.8) is 0 Å². The van der Waals surface area contributed by atoms with Crippen LogP contribution in [0.15, 0.2) is 38.2 Å². The monoisotopic (exact) mass is 279 g/mol. The first-order valence-electron chi connectivity index (χ1n) is 5.40. The van der Waals surface area contributed by atoms with Gasteiger partial charge >= 0.3 is 5.69 Å². The Balaban J connectivity index is 2.45. The van der Waals surface area contributed by atoms with Gasteiger partial charge in [0.2, 0.25) is 0 Å². The predicted octanol–water partition coefficient (Wildman–Crippen LogP) is 0.663. The second-order valence-corrected chi connectivity index (χ2v) is 4.97. The van der Waals surface area contributed by atoms with E-state index in [-0.39, 0.29) is 11.5 Å². The largest absolute Gasteiger partial charge is 0.409 e. The van der Waals surface area contributed by atoms with Crippen molar-refractivity contribution in [3.05, 3.63) is 39.8 Å². The number of aromatic amines is 1. The summed E-state index contributed by atoms with van der Waals surface area (Å²) in [5.41, 5.74) is 6.95. The molecule has 0 saturated heterocycles. The van der Waals surface area contributed by atoms with E-state index in [1.54, 1.807) is 7.05 Å². The van der Waals surface area contributed by atoms with Crippen LogP contribution in [0, 0.1) is 6.92 Å². The smallest absolute Gasteiger partial charge is 0.343 e. The van der Waals surface area contributed by atoms with E-state index in [0.29, 0.717) is 10.7 Å². The summed E-state index contributed by atoms with van der Waals surface area (Å²) < 4.78 is 1.39. The highest BCUT2D eigenvalue weighted by atomic mass is 32.2. The molecule has 4 N–H and O–H groups in total. The van der Waals surface area contributed by atoms with Crippen LogP contribution >= 0.6 is 11.8 Å². The minimum absolute atomic E-state index is 0.0201. The van der Waals surface area contributed by atoms with Crippen molar-refractivity contribution in [1.82, 2.24) is 14.8 Å². The molecule has 0 aliphatic carbocycles. The minimum Gasteiger partial charge on any atom is -0.409 e. The summed E-state index contributed by atoms with van der Waals surface area (Å²) in [5, 5.41) is 18.6. The second-order valence-electron chi connectivity index (χ2n) is 3.96. The van der Waals surface area contributed by atoms with Gasteiger partial charge < -0.3 is 10.9 Å². The molecule has 2 rings (SSSR count). The molecule has 100 valence electrons. The van der Waals surface area contributed by atoms with Crippen molar-refractivity contribution < 1.29 is 5.21 Å². The molecule has 0 amide bonds. The van der Waals surface area contributed by atoms with Crippen LogP contribution in [0.5, 0.6) is 0 Å². The van der Waals surface area contributed by atoms with Crippen LogP contribution in [-0.4, -0.2) is 25.8 Å².